The monoisotopic (exact) mass is 178 g/mol. The Balaban J connectivity index is 2.03. The van der Waals surface area contributed by atoms with E-state index in [-0.39, 0.29) is 0 Å². The van der Waals surface area contributed by atoms with Gasteiger partial charge in [0.25, 0.3) is 0 Å². The Hall–Kier alpha value is -0.810. The van der Waals surface area contributed by atoms with Crippen molar-refractivity contribution in [1.82, 2.24) is 5.32 Å². The van der Waals surface area contributed by atoms with Gasteiger partial charge in [0, 0.05) is 6.04 Å². The average molecular weight is 178 g/mol. The second kappa shape index (κ2) is 5.77. The van der Waals surface area contributed by atoms with E-state index >= 15 is 0 Å². The molecule has 2 nitrogen and oxygen atoms in total. The van der Waals surface area contributed by atoms with Crippen LogP contribution in [0.1, 0.15) is 39.0 Å². The molecule has 1 unspecified atom stereocenters. The maximum Gasteiger partial charge on any atom is 0.0638 e. The molecule has 13 heavy (non-hydrogen) atoms. The first kappa shape index (κ1) is 10.3. The summed E-state index contributed by atoms with van der Waals surface area (Å²) in [6.45, 7) is 3.08. The molecule has 0 aromatic rings. The van der Waals surface area contributed by atoms with E-state index in [1.54, 1.807) is 5.57 Å². The minimum Gasteiger partial charge on any atom is -0.313 e. The van der Waals surface area contributed by atoms with Gasteiger partial charge in [-0.15, -0.1) is 0 Å². The highest BCUT2D eigenvalue weighted by atomic mass is 14.9. The van der Waals surface area contributed by atoms with Gasteiger partial charge in [0.05, 0.1) is 12.5 Å². The zero-order valence-corrected chi connectivity index (χ0v) is 8.34. The van der Waals surface area contributed by atoms with E-state index in [2.05, 4.69) is 24.4 Å². The van der Waals surface area contributed by atoms with Crippen molar-refractivity contribution in [2.75, 3.05) is 6.54 Å². The fraction of sp³-hybridized carbons (Fsp3) is 0.727. The van der Waals surface area contributed by atoms with Gasteiger partial charge >= 0.3 is 0 Å². The fourth-order valence-corrected chi connectivity index (χ4v) is 1.65. The molecule has 72 valence electrons. The first-order chi connectivity index (χ1) is 6.33. The molecule has 0 aliphatic heterocycles. The van der Waals surface area contributed by atoms with Gasteiger partial charge in [-0.25, -0.2) is 0 Å². The topological polar surface area (TPSA) is 35.8 Å². The zero-order valence-electron chi connectivity index (χ0n) is 8.34. The van der Waals surface area contributed by atoms with Crippen LogP contribution in [0.5, 0.6) is 0 Å². The molecule has 1 aliphatic rings. The number of nitriles is 1. The van der Waals surface area contributed by atoms with Gasteiger partial charge in [0.15, 0.2) is 0 Å². The predicted molar refractivity (Wildman–Crippen MR) is 54.2 cm³/mol. The fourth-order valence-electron chi connectivity index (χ4n) is 1.65. The van der Waals surface area contributed by atoms with E-state index in [4.69, 9.17) is 5.26 Å². The molecular formula is C11H18N2. The maximum absolute atomic E-state index is 8.45. The normalized spacial score (nSPS) is 18.0. The van der Waals surface area contributed by atoms with Crippen LogP contribution in [-0.2, 0) is 0 Å². The molecule has 0 saturated heterocycles. The third kappa shape index (κ3) is 4.10. The van der Waals surface area contributed by atoms with Crippen molar-refractivity contribution < 1.29 is 0 Å². The van der Waals surface area contributed by atoms with Crippen LogP contribution in [0.2, 0.25) is 0 Å². The highest BCUT2D eigenvalue weighted by Crippen LogP contribution is 2.19. The van der Waals surface area contributed by atoms with Crippen molar-refractivity contribution in [2.45, 2.75) is 45.1 Å². The highest BCUT2D eigenvalue weighted by Gasteiger charge is 2.04. The van der Waals surface area contributed by atoms with Crippen molar-refractivity contribution in [3.05, 3.63) is 11.6 Å². The maximum atomic E-state index is 8.45. The first-order valence-electron chi connectivity index (χ1n) is 5.11. The van der Waals surface area contributed by atoms with Gasteiger partial charge in [0.1, 0.15) is 0 Å². The van der Waals surface area contributed by atoms with Crippen LogP contribution >= 0.6 is 0 Å². The van der Waals surface area contributed by atoms with Crippen molar-refractivity contribution in [2.24, 2.45) is 0 Å². The summed E-state index contributed by atoms with van der Waals surface area (Å²) in [5, 5.41) is 11.8. The Morgan fingerprint density at radius 2 is 2.54 bits per heavy atom. The van der Waals surface area contributed by atoms with Crippen LogP contribution in [-0.4, -0.2) is 12.6 Å². The summed E-state index contributed by atoms with van der Waals surface area (Å²) < 4.78 is 0. The largest absolute Gasteiger partial charge is 0.313 e. The molecule has 0 radical (unpaired) electrons. The Labute approximate surface area is 80.6 Å². The number of hydrogen-bond donors (Lipinski definition) is 1. The summed E-state index contributed by atoms with van der Waals surface area (Å²) >= 11 is 0. The highest BCUT2D eigenvalue weighted by molar-refractivity contribution is 5.07. The number of rotatable bonds is 5. The predicted octanol–water partition coefficient (Wildman–Crippen LogP) is 2.38. The average Bonchev–Trinajstić information content (AvgIpc) is 2.57. The number of allylic oxidation sites excluding steroid dienone is 1. The van der Waals surface area contributed by atoms with E-state index in [0.717, 1.165) is 13.0 Å². The van der Waals surface area contributed by atoms with Crippen LogP contribution in [0.25, 0.3) is 0 Å². The van der Waals surface area contributed by atoms with Gasteiger partial charge in [0.2, 0.25) is 0 Å². The summed E-state index contributed by atoms with van der Waals surface area (Å²) in [6.07, 6.45) is 8.02. The minimum atomic E-state index is 0.340. The van der Waals surface area contributed by atoms with Crippen molar-refractivity contribution in [1.29, 1.82) is 5.26 Å². The molecule has 0 bridgehead atoms. The van der Waals surface area contributed by atoms with Gasteiger partial charge in [-0.2, -0.15) is 5.26 Å². The van der Waals surface area contributed by atoms with Crippen molar-refractivity contribution in [3.8, 4) is 6.07 Å². The SMILES string of the molecule is CC(CC#N)NCCC1=CCCC1. The van der Waals surface area contributed by atoms with Crippen LogP contribution < -0.4 is 5.32 Å². The summed E-state index contributed by atoms with van der Waals surface area (Å²) in [6, 6.07) is 2.51. The molecule has 0 spiro atoms. The molecule has 1 N–H and O–H groups in total. The molecular weight excluding hydrogens is 160 g/mol. The molecule has 0 amide bonds. The molecule has 0 saturated carbocycles. The van der Waals surface area contributed by atoms with E-state index in [0.29, 0.717) is 12.5 Å². The second-order valence-electron chi connectivity index (χ2n) is 3.72. The Morgan fingerprint density at radius 3 is 3.15 bits per heavy atom. The van der Waals surface area contributed by atoms with Gasteiger partial charge in [-0.05, 0) is 39.2 Å². The molecule has 2 heteroatoms. The third-order valence-electron chi connectivity index (χ3n) is 2.47. The zero-order chi connectivity index (χ0) is 9.52. The first-order valence-corrected chi connectivity index (χ1v) is 5.11. The third-order valence-corrected chi connectivity index (χ3v) is 2.47. The molecule has 0 aromatic carbocycles. The lowest BCUT2D eigenvalue weighted by Crippen LogP contribution is -2.26. The van der Waals surface area contributed by atoms with E-state index < -0.39 is 0 Å². The quantitative estimate of drug-likeness (QED) is 0.656. The van der Waals surface area contributed by atoms with E-state index in [9.17, 15) is 0 Å². The summed E-state index contributed by atoms with van der Waals surface area (Å²) in [5.41, 5.74) is 1.59. The van der Waals surface area contributed by atoms with E-state index in [1.807, 2.05) is 0 Å². The molecule has 1 aliphatic carbocycles. The molecule has 0 heterocycles. The van der Waals surface area contributed by atoms with Gasteiger partial charge < -0.3 is 5.32 Å². The molecule has 0 fully saturated rings. The van der Waals surface area contributed by atoms with Gasteiger partial charge in [-0.1, -0.05) is 11.6 Å². The number of nitrogens with zero attached hydrogens (tertiary/aromatic N) is 1. The summed E-state index contributed by atoms with van der Waals surface area (Å²) in [4.78, 5) is 0. The van der Waals surface area contributed by atoms with Gasteiger partial charge in [-0.3, -0.25) is 0 Å². The second-order valence-corrected chi connectivity index (χ2v) is 3.72. The Kier molecular flexibility index (Phi) is 4.56. The van der Waals surface area contributed by atoms with Crippen molar-refractivity contribution in [3.63, 3.8) is 0 Å². The van der Waals surface area contributed by atoms with Crippen molar-refractivity contribution >= 4 is 0 Å². The molecule has 0 aromatic heterocycles. The van der Waals surface area contributed by atoms with E-state index in [1.165, 1.54) is 19.3 Å². The Bertz CT molecular complexity index is 213. The Morgan fingerprint density at radius 1 is 1.69 bits per heavy atom. The van der Waals surface area contributed by atoms with Crippen LogP contribution in [0.3, 0.4) is 0 Å². The smallest absolute Gasteiger partial charge is 0.0638 e. The van der Waals surface area contributed by atoms with Crippen LogP contribution in [0, 0.1) is 11.3 Å². The number of nitrogens with one attached hydrogen (secondary N) is 1. The minimum absolute atomic E-state index is 0.340. The summed E-state index contributed by atoms with van der Waals surface area (Å²) in [5.74, 6) is 0. The summed E-state index contributed by atoms with van der Waals surface area (Å²) in [7, 11) is 0. The lowest BCUT2D eigenvalue weighted by Gasteiger charge is -2.09. The number of hydrogen-bond acceptors (Lipinski definition) is 2. The lowest BCUT2D eigenvalue weighted by atomic mass is 10.1. The molecule has 1 rings (SSSR count). The lowest BCUT2D eigenvalue weighted by molar-refractivity contribution is 0.557. The molecule has 1 atom stereocenters. The standard InChI is InChI=1S/C11H18N2/c1-10(6-8-12)13-9-7-11-4-2-3-5-11/h4,10,13H,2-3,5-7,9H2,1H3. The van der Waals surface area contributed by atoms with Crippen LogP contribution in [0.4, 0.5) is 0 Å². The van der Waals surface area contributed by atoms with Crippen LogP contribution in [0.15, 0.2) is 11.6 Å².